The second kappa shape index (κ2) is 7.11. The fourth-order valence-electron chi connectivity index (χ4n) is 1.46. The van der Waals surface area contributed by atoms with Gasteiger partial charge in [-0.1, -0.05) is 12.1 Å². The van der Waals surface area contributed by atoms with Crippen LogP contribution in [0.5, 0.6) is 0 Å². The summed E-state index contributed by atoms with van der Waals surface area (Å²) in [5.41, 5.74) is 0.209. The molecule has 0 fully saturated rings. The number of non-ortho nitro benzene ring substituents is 1. The minimum Gasteiger partial charge on any atom is -0.479 e. The average Bonchev–Trinajstić information content (AvgIpc) is 2.38. The minimum atomic E-state index is -3.71. The topological polar surface area (TPSA) is 147 Å². The molecule has 0 bridgehead atoms. The Balaban J connectivity index is 2.56. The molecule has 1 aromatic rings. The van der Waals surface area contributed by atoms with E-state index in [0.29, 0.717) is 5.56 Å². The summed E-state index contributed by atoms with van der Waals surface area (Å²) in [6.45, 7) is -0.219. The van der Waals surface area contributed by atoms with Crippen LogP contribution in [0.3, 0.4) is 0 Å². The lowest BCUT2D eigenvalue weighted by molar-refractivity contribution is -0.384. The lowest BCUT2D eigenvalue weighted by atomic mass is 10.2. The van der Waals surface area contributed by atoms with E-state index >= 15 is 0 Å². The second-order valence-electron chi connectivity index (χ2n) is 4.22. The summed E-state index contributed by atoms with van der Waals surface area (Å²) in [7, 11) is -3.71. The van der Waals surface area contributed by atoms with Gasteiger partial charge in [-0.2, -0.15) is 0 Å². The Morgan fingerprint density at radius 3 is 2.38 bits per heavy atom. The van der Waals surface area contributed by atoms with Crippen molar-refractivity contribution in [2.45, 2.75) is 18.3 Å². The first kappa shape index (κ1) is 17.0. The molecule has 1 aromatic carbocycles. The van der Waals surface area contributed by atoms with Gasteiger partial charge in [0.15, 0.2) is 6.10 Å². The highest BCUT2D eigenvalue weighted by Crippen LogP contribution is 2.13. The van der Waals surface area contributed by atoms with Gasteiger partial charge in [-0.15, -0.1) is 0 Å². The highest BCUT2D eigenvalue weighted by atomic mass is 32.2. The van der Waals surface area contributed by atoms with E-state index in [-0.39, 0.29) is 18.7 Å². The van der Waals surface area contributed by atoms with Crippen LogP contribution in [0.25, 0.3) is 0 Å². The van der Waals surface area contributed by atoms with Crippen LogP contribution in [-0.2, 0) is 20.6 Å². The van der Waals surface area contributed by atoms with Gasteiger partial charge in [0.25, 0.3) is 5.69 Å². The average molecular weight is 318 g/mol. The predicted molar refractivity (Wildman–Crippen MR) is 72.0 cm³/mol. The van der Waals surface area contributed by atoms with Gasteiger partial charge in [0.05, 0.1) is 10.7 Å². The summed E-state index contributed by atoms with van der Waals surface area (Å²) < 4.78 is 25.5. The number of nitro groups is 1. The molecule has 1 rings (SSSR count). The van der Waals surface area contributed by atoms with Crippen LogP contribution in [0.4, 0.5) is 5.69 Å². The van der Waals surface area contributed by atoms with Gasteiger partial charge in [-0.3, -0.25) is 10.1 Å². The second-order valence-corrected chi connectivity index (χ2v) is 6.03. The highest BCUT2D eigenvalue weighted by Gasteiger charge is 2.16. The molecule has 0 aromatic heterocycles. The number of nitro benzene ring substituents is 1. The van der Waals surface area contributed by atoms with E-state index < -0.39 is 32.8 Å². The van der Waals surface area contributed by atoms with E-state index in [0.717, 1.165) is 0 Å². The summed E-state index contributed by atoms with van der Waals surface area (Å²) in [5.74, 6) is -1.82. The van der Waals surface area contributed by atoms with Gasteiger partial charge in [0, 0.05) is 18.7 Å². The highest BCUT2D eigenvalue weighted by molar-refractivity contribution is 7.88. The normalized spacial score (nSPS) is 12.8. The molecule has 0 heterocycles. The molecule has 0 amide bonds. The fraction of sp³-hybridized carbons (Fsp3) is 0.364. The number of nitrogens with zero attached hydrogens (tertiary/aromatic N) is 1. The summed E-state index contributed by atoms with van der Waals surface area (Å²) in [6, 6.07) is 5.03. The molecule has 10 heteroatoms. The maximum Gasteiger partial charge on any atom is 0.332 e. The molecule has 116 valence electrons. The van der Waals surface area contributed by atoms with Crippen LogP contribution in [0.15, 0.2) is 24.3 Å². The first-order valence-electron chi connectivity index (χ1n) is 5.83. The van der Waals surface area contributed by atoms with E-state index in [4.69, 9.17) is 10.2 Å². The van der Waals surface area contributed by atoms with Crippen molar-refractivity contribution >= 4 is 21.7 Å². The monoisotopic (exact) mass is 318 g/mol. The molecule has 0 spiro atoms. The van der Waals surface area contributed by atoms with Crippen molar-refractivity contribution in [3.8, 4) is 0 Å². The van der Waals surface area contributed by atoms with Crippen LogP contribution in [0.2, 0.25) is 0 Å². The minimum absolute atomic E-state index is 0.145. The third kappa shape index (κ3) is 5.85. The van der Waals surface area contributed by atoms with E-state index in [2.05, 4.69) is 4.72 Å². The molecule has 0 radical (unpaired) electrons. The Kier molecular flexibility index (Phi) is 5.76. The summed E-state index contributed by atoms with van der Waals surface area (Å²) in [6.07, 6.45) is -1.89. The number of aliphatic carboxylic acids is 1. The molecule has 0 aliphatic heterocycles. The van der Waals surface area contributed by atoms with Crippen molar-refractivity contribution in [2.75, 3.05) is 6.54 Å². The van der Waals surface area contributed by atoms with E-state index in [1.807, 2.05) is 0 Å². The molecule has 9 nitrogen and oxygen atoms in total. The molecule has 0 aliphatic carbocycles. The maximum absolute atomic E-state index is 11.7. The maximum atomic E-state index is 11.7. The number of carboxylic acid groups (broad SMARTS) is 1. The molecule has 0 unspecified atom stereocenters. The van der Waals surface area contributed by atoms with Crippen molar-refractivity contribution in [2.24, 2.45) is 0 Å². The Morgan fingerprint density at radius 1 is 1.33 bits per heavy atom. The van der Waals surface area contributed by atoms with Crippen molar-refractivity contribution in [1.82, 2.24) is 4.72 Å². The Morgan fingerprint density at radius 2 is 1.90 bits per heavy atom. The van der Waals surface area contributed by atoms with Crippen LogP contribution in [0, 0.1) is 10.1 Å². The van der Waals surface area contributed by atoms with Gasteiger partial charge in [-0.25, -0.2) is 17.9 Å². The van der Waals surface area contributed by atoms with Crippen molar-refractivity contribution in [1.29, 1.82) is 0 Å². The van der Waals surface area contributed by atoms with Crippen LogP contribution < -0.4 is 4.72 Å². The largest absolute Gasteiger partial charge is 0.479 e. The number of benzene rings is 1. The van der Waals surface area contributed by atoms with Crippen LogP contribution in [0.1, 0.15) is 12.0 Å². The number of carbonyl (C=O) groups is 1. The third-order valence-electron chi connectivity index (χ3n) is 2.53. The van der Waals surface area contributed by atoms with Crippen LogP contribution in [-0.4, -0.2) is 42.2 Å². The fourth-order valence-corrected chi connectivity index (χ4v) is 2.62. The first-order chi connectivity index (χ1) is 9.71. The van der Waals surface area contributed by atoms with Crippen molar-refractivity contribution in [3.63, 3.8) is 0 Å². The first-order valence-corrected chi connectivity index (χ1v) is 7.48. The molecule has 0 saturated heterocycles. The van der Waals surface area contributed by atoms with E-state index in [1.54, 1.807) is 0 Å². The zero-order chi connectivity index (χ0) is 16.0. The van der Waals surface area contributed by atoms with Gasteiger partial charge in [0.1, 0.15) is 0 Å². The molecular weight excluding hydrogens is 304 g/mol. The molecule has 0 saturated carbocycles. The number of rotatable bonds is 8. The molecular formula is C11H14N2O7S. The molecule has 0 aliphatic rings. The van der Waals surface area contributed by atoms with E-state index in [9.17, 15) is 23.3 Å². The summed E-state index contributed by atoms with van der Waals surface area (Å²) in [5, 5.41) is 27.9. The number of sulfonamides is 1. The van der Waals surface area contributed by atoms with Crippen molar-refractivity contribution in [3.05, 3.63) is 39.9 Å². The molecule has 21 heavy (non-hydrogen) atoms. The lowest BCUT2D eigenvalue weighted by Crippen LogP contribution is -2.30. The predicted octanol–water partition coefficient (Wildman–Crippen LogP) is -0.150. The standard InChI is InChI=1S/C11H14N2O7S/c14-10(11(15)16)5-6-12-21(19,20)7-8-1-3-9(4-2-8)13(17)18/h1-4,10,12,14H,5-7H2,(H,15,16)/t10-/m0/s1. The number of hydrogen-bond donors (Lipinski definition) is 3. The van der Waals surface area contributed by atoms with Gasteiger partial charge < -0.3 is 10.2 Å². The Labute approximate surface area is 120 Å². The SMILES string of the molecule is O=C(O)[C@@H](O)CCNS(=O)(=O)Cc1ccc([N+](=O)[O-])cc1. The van der Waals surface area contributed by atoms with E-state index in [1.165, 1.54) is 24.3 Å². The molecule has 1 atom stereocenters. The zero-order valence-corrected chi connectivity index (χ0v) is 11.6. The summed E-state index contributed by atoms with van der Waals surface area (Å²) in [4.78, 5) is 20.2. The zero-order valence-electron chi connectivity index (χ0n) is 10.8. The molecule has 3 N–H and O–H groups in total. The Bertz CT molecular complexity index is 612. The lowest BCUT2D eigenvalue weighted by Gasteiger charge is -2.08. The third-order valence-corrected chi connectivity index (χ3v) is 3.89. The smallest absolute Gasteiger partial charge is 0.332 e. The van der Waals surface area contributed by atoms with Gasteiger partial charge >= 0.3 is 5.97 Å². The number of carboxylic acids is 1. The van der Waals surface area contributed by atoms with Gasteiger partial charge in [-0.05, 0) is 12.0 Å². The Hall–Kier alpha value is -2.04. The number of nitrogens with one attached hydrogen (secondary N) is 1. The quantitative estimate of drug-likeness (QED) is 0.446. The number of aliphatic hydroxyl groups excluding tert-OH is 1. The number of aliphatic hydroxyl groups is 1. The van der Waals surface area contributed by atoms with Crippen LogP contribution >= 0.6 is 0 Å². The van der Waals surface area contributed by atoms with Crippen molar-refractivity contribution < 1.29 is 28.3 Å². The number of hydrogen-bond acceptors (Lipinski definition) is 6. The summed E-state index contributed by atoms with van der Waals surface area (Å²) >= 11 is 0. The van der Waals surface area contributed by atoms with Gasteiger partial charge in [0.2, 0.25) is 10.0 Å².